The van der Waals surface area contributed by atoms with Gasteiger partial charge >= 0.3 is 0 Å². The number of aromatic nitrogens is 3. The number of ketones is 1. The van der Waals surface area contributed by atoms with E-state index >= 15 is 0 Å². The molecule has 0 spiro atoms. The van der Waals surface area contributed by atoms with E-state index in [-0.39, 0.29) is 43.5 Å². The van der Waals surface area contributed by atoms with E-state index < -0.39 is 0 Å². The summed E-state index contributed by atoms with van der Waals surface area (Å²) < 4.78 is 2.26. The Hall–Kier alpha value is -4.12. The SMILES string of the molecule is CCC(CC)C(=O)/C=C(\O)C(CC)CC.[Ir].[c-]1c(-c2cc3c(cn2)nc2c4cccc5cccc(c54)n32)ccc2ccccc12. The number of allylic oxidation sites excluding steroid dienone is 2. The Morgan fingerprint density at radius 3 is 2.27 bits per heavy atom. The Morgan fingerprint density at radius 2 is 1.53 bits per heavy atom. The van der Waals surface area contributed by atoms with Crippen LogP contribution in [0, 0.1) is 17.9 Å². The van der Waals surface area contributed by atoms with Crippen LogP contribution >= 0.6 is 0 Å². The van der Waals surface area contributed by atoms with Gasteiger partial charge in [-0.05, 0) is 43.2 Å². The van der Waals surface area contributed by atoms with Gasteiger partial charge in [-0.2, -0.15) is 0 Å². The van der Waals surface area contributed by atoms with Crippen molar-refractivity contribution in [3.8, 4) is 11.3 Å². The van der Waals surface area contributed by atoms with Crippen LogP contribution in [0.15, 0.2) is 96.9 Å². The minimum Gasteiger partial charge on any atom is -0.512 e. The average molecular weight is 773 g/mol. The number of fused-ring (bicyclic) bond motifs is 6. The van der Waals surface area contributed by atoms with Gasteiger partial charge in [0, 0.05) is 60.7 Å². The molecule has 45 heavy (non-hydrogen) atoms. The average Bonchev–Trinajstić information content (AvgIpc) is 3.58. The fourth-order valence-corrected chi connectivity index (χ4v) is 6.29. The van der Waals surface area contributed by atoms with E-state index in [1.54, 1.807) is 0 Å². The first-order valence-corrected chi connectivity index (χ1v) is 15.7. The number of hydrogen-bond donors (Lipinski definition) is 1. The maximum atomic E-state index is 11.7. The molecule has 3 heterocycles. The fraction of sp³-hybridized carbons (Fsp3) is 0.256. The zero-order chi connectivity index (χ0) is 30.8. The Kier molecular flexibility index (Phi) is 9.96. The van der Waals surface area contributed by atoms with Crippen molar-refractivity contribution in [2.75, 3.05) is 0 Å². The van der Waals surface area contributed by atoms with Crippen molar-refractivity contribution in [2.45, 2.75) is 53.4 Å². The van der Waals surface area contributed by atoms with Crippen LogP contribution in [0.5, 0.6) is 0 Å². The Bertz CT molecular complexity index is 2120. The molecule has 3 aromatic heterocycles. The molecule has 0 aliphatic carbocycles. The van der Waals surface area contributed by atoms with Crippen molar-refractivity contribution in [1.82, 2.24) is 14.4 Å². The summed E-state index contributed by atoms with van der Waals surface area (Å²) in [6, 6.07) is 31.0. The zero-order valence-corrected chi connectivity index (χ0v) is 28.6. The number of carbonyl (C=O) groups is 1. The number of carbonyl (C=O) groups excluding carboxylic acids is 1. The number of nitrogens with zero attached hydrogens (tertiary/aromatic N) is 3. The maximum absolute atomic E-state index is 11.7. The quantitative estimate of drug-likeness (QED) is 0.0949. The molecule has 0 aliphatic heterocycles. The summed E-state index contributed by atoms with van der Waals surface area (Å²) in [5.74, 6) is 0.547. The third-order valence-corrected chi connectivity index (χ3v) is 8.92. The largest absolute Gasteiger partial charge is 0.512 e. The molecule has 0 aliphatic rings. The molecule has 1 N–H and O–H groups in total. The van der Waals surface area contributed by atoms with Crippen LogP contribution in [0.25, 0.3) is 60.4 Å². The molecule has 7 aromatic rings. The summed E-state index contributed by atoms with van der Waals surface area (Å²) in [4.78, 5) is 21.3. The molecule has 4 aromatic carbocycles. The molecule has 0 amide bonds. The molecule has 7 rings (SSSR count). The van der Waals surface area contributed by atoms with Gasteiger partial charge < -0.3 is 5.11 Å². The van der Waals surface area contributed by atoms with E-state index in [0.29, 0.717) is 0 Å². The first-order valence-electron chi connectivity index (χ1n) is 15.7. The summed E-state index contributed by atoms with van der Waals surface area (Å²) in [6.07, 6.45) is 6.78. The predicted octanol–water partition coefficient (Wildman–Crippen LogP) is 10.1. The second-order valence-electron chi connectivity index (χ2n) is 11.5. The minimum atomic E-state index is 0. The van der Waals surface area contributed by atoms with Crippen molar-refractivity contribution >= 4 is 54.9 Å². The van der Waals surface area contributed by atoms with Crippen LogP contribution in [-0.2, 0) is 24.9 Å². The van der Waals surface area contributed by atoms with E-state index in [4.69, 9.17) is 9.97 Å². The maximum Gasteiger partial charge on any atom is 0.162 e. The van der Waals surface area contributed by atoms with Gasteiger partial charge in [0.25, 0.3) is 0 Å². The smallest absolute Gasteiger partial charge is 0.162 e. The third-order valence-electron chi connectivity index (χ3n) is 8.92. The van der Waals surface area contributed by atoms with Crippen LogP contribution in [-0.4, -0.2) is 25.3 Å². The van der Waals surface area contributed by atoms with Crippen molar-refractivity contribution in [3.63, 3.8) is 0 Å². The molecule has 0 bridgehead atoms. The summed E-state index contributed by atoms with van der Waals surface area (Å²) in [6.45, 7) is 8.07. The molecule has 5 nitrogen and oxygen atoms in total. The number of hydrogen-bond acceptors (Lipinski definition) is 4. The second kappa shape index (κ2) is 13.9. The molecule has 1 radical (unpaired) electrons. The Morgan fingerprint density at radius 1 is 0.844 bits per heavy atom. The van der Waals surface area contributed by atoms with Crippen molar-refractivity contribution in [2.24, 2.45) is 11.8 Å². The summed E-state index contributed by atoms with van der Waals surface area (Å²) in [7, 11) is 0. The number of imidazole rings is 1. The fourth-order valence-electron chi connectivity index (χ4n) is 6.29. The van der Waals surface area contributed by atoms with E-state index in [1.807, 2.05) is 46.0 Å². The zero-order valence-electron chi connectivity index (χ0n) is 26.2. The monoisotopic (exact) mass is 773 g/mol. The normalized spacial score (nSPS) is 12.0. The molecule has 0 unspecified atom stereocenters. The van der Waals surface area contributed by atoms with Gasteiger partial charge in [-0.3, -0.25) is 14.2 Å². The topological polar surface area (TPSA) is 67.5 Å². The number of pyridine rings is 1. The van der Waals surface area contributed by atoms with E-state index in [0.717, 1.165) is 59.0 Å². The van der Waals surface area contributed by atoms with Gasteiger partial charge in [0.15, 0.2) is 5.78 Å². The summed E-state index contributed by atoms with van der Waals surface area (Å²) >= 11 is 0. The van der Waals surface area contributed by atoms with Crippen molar-refractivity contribution < 1.29 is 30.0 Å². The van der Waals surface area contributed by atoms with Gasteiger partial charge in [0.2, 0.25) is 0 Å². The van der Waals surface area contributed by atoms with Crippen LogP contribution in [0.1, 0.15) is 53.4 Å². The van der Waals surface area contributed by atoms with Gasteiger partial charge in [0.05, 0.1) is 16.8 Å². The molecule has 0 fully saturated rings. The predicted molar refractivity (Wildman–Crippen MR) is 182 cm³/mol. The van der Waals surface area contributed by atoms with E-state index in [1.165, 1.54) is 33.1 Å². The molecule has 0 saturated heterocycles. The van der Waals surface area contributed by atoms with Gasteiger partial charge in [-0.25, -0.2) is 4.98 Å². The van der Waals surface area contributed by atoms with Gasteiger partial charge in [0.1, 0.15) is 11.2 Å². The van der Waals surface area contributed by atoms with Gasteiger partial charge in [-0.15, -0.1) is 29.7 Å². The van der Waals surface area contributed by atoms with Gasteiger partial charge in [-0.1, -0.05) is 87.2 Å². The number of aliphatic hydroxyl groups excluding tert-OH is 1. The summed E-state index contributed by atoms with van der Waals surface area (Å²) in [5.41, 5.74) is 6.08. The standard InChI is InChI=1S/C26H14N3.C13H24O2.Ir/c1-2-6-18-13-19(12-11-16(18)5-1)21-14-24-22(15-27-21)28-26-20-9-3-7-17-8-4-10-23(25(17)20)29(24)26;1-5-10(6-2)12(14)9-13(15)11(7-3)8-4;/h1-12,14-15H;9-11,14H,5-8H2,1-4H3;/q-1;;/b;12-9-;. The first kappa shape index (κ1) is 32.3. The third kappa shape index (κ3) is 6.10. The van der Waals surface area contributed by atoms with Crippen LogP contribution in [0.3, 0.4) is 0 Å². The number of benzene rings is 4. The number of rotatable bonds is 8. The van der Waals surface area contributed by atoms with E-state index in [2.05, 4.69) is 77.2 Å². The van der Waals surface area contributed by atoms with Crippen LogP contribution in [0.2, 0.25) is 0 Å². The van der Waals surface area contributed by atoms with Crippen LogP contribution < -0.4 is 0 Å². The van der Waals surface area contributed by atoms with Crippen LogP contribution in [0.4, 0.5) is 0 Å². The Balaban J connectivity index is 0.000000217. The molecular weight excluding hydrogens is 735 g/mol. The van der Waals surface area contributed by atoms with Crippen molar-refractivity contribution in [3.05, 3.63) is 103 Å². The van der Waals surface area contributed by atoms with E-state index in [9.17, 15) is 9.90 Å². The molecule has 6 heteroatoms. The van der Waals surface area contributed by atoms with Crippen molar-refractivity contribution in [1.29, 1.82) is 0 Å². The first-order chi connectivity index (χ1) is 21.5. The summed E-state index contributed by atoms with van der Waals surface area (Å²) in [5, 5.41) is 15.8. The molecule has 231 valence electrons. The molecule has 0 atom stereocenters. The second-order valence-corrected chi connectivity index (χ2v) is 11.5. The molecular formula is C39H38IrN3O2-. The minimum absolute atomic E-state index is 0. The molecule has 0 saturated carbocycles. The number of aliphatic hydroxyl groups is 1. The Labute approximate surface area is 277 Å².